The molecule has 1 unspecified atom stereocenters. The van der Waals surface area contributed by atoms with Gasteiger partial charge in [0, 0.05) is 0 Å². The van der Waals surface area contributed by atoms with Gasteiger partial charge in [-0.05, 0) is 12.1 Å². The van der Waals surface area contributed by atoms with E-state index >= 15 is 0 Å². The molecule has 1 aromatic carbocycles. The number of methoxy groups -OCH3 is 1. The molecule has 0 bridgehead atoms. The number of nitrogens with one attached hydrogen (secondary N) is 1. The molecule has 1 rings (SSSR count). The monoisotopic (exact) mass is 349 g/mol. The van der Waals surface area contributed by atoms with Crippen molar-refractivity contribution in [2.24, 2.45) is 0 Å². The Morgan fingerprint density at radius 2 is 1.61 bits per heavy atom. The summed E-state index contributed by atoms with van der Waals surface area (Å²) < 4.78 is 4.47. The lowest BCUT2D eigenvalue weighted by atomic mass is 10.2. The lowest BCUT2D eigenvalue weighted by Gasteiger charge is -2.07. The van der Waals surface area contributed by atoms with Crippen LogP contribution < -0.4 is 5.32 Å². The largest absolute Gasteiger partial charge is 0.479 e. The number of para-hydroxylation sites is 1. The van der Waals surface area contributed by atoms with Crippen LogP contribution in [-0.4, -0.2) is 64.2 Å². The molecule has 128 valence electrons. The highest BCUT2D eigenvalue weighted by molar-refractivity contribution is 6.33. The minimum atomic E-state index is -2.27. The highest BCUT2D eigenvalue weighted by Gasteiger charge is 2.29. The normalized spacial score (nSPS) is 12.2. The van der Waals surface area contributed by atoms with Crippen LogP contribution in [0, 0.1) is 0 Å². The molecule has 0 saturated heterocycles. The number of carbonyl (C=O) groups is 3. The number of halogens is 1. The molecule has 5 N–H and O–H groups in total. The lowest BCUT2D eigenvalue weighted by molar-refractivity contribution is -0.165. The molecule has 0 amide bonds. The highest BCUT2D eigenvalue weighted by atomic mass is 35.5. The van der Waals surface area contributed by atoms with E-state index in [0.29, 0.717) is 5.02 Å². The van der Waals surface area contributed by atoms with E-state index in [9.17, 15) is 14.4 Å². The van der Waals surface area contributed by atoms with E-state index in [1.165, 1.54) is 7.11 Å². The fourth-order valence-electron chi connectivity index (χ4n) is 1.11. The molecule has 23 heavy (non-hydrogen) atoms. The number of carboxylic acids is 2. The minimum Gasteiger partial charge on any atom is -0.479 e. The fraction of sp³-hybridized carbons (Fsp3) is 0.308. The first-order chi connectivity index (χ1) is 10.7. The van der Waals surface area contributed by atoms with Gasteiger partial charge in [0.05, 0.1) is 17.8 Å². The van der Waals surface area contributed by atoms with Crippen molar-refractivity contribution >= 4 is 35.2 Å². The number of anilines is 1. The molecule has 0 heterocycles. The maximum absolute atomic E-state index is 10.8. The second-order valence-corrected chi connectivity index (χ2v) is 4.38. The van der Waals surface area contributed by atoms with Gasteiger partial charge in [0.15, 0.2) is 12.2 Å². The van der Waals surface area contributed by atoms with Crippen molar-refractivity contribution in [3.63, 3.8) is 0 Å². The number of carboxylic acid groups (broad SMARTS) is 2. The highest BCUT2D eigenvalue weighted by Crippen LogP contribution is 2.19. The van der Waals surface area contributed by atoms with Crippen LogP contribution in [-0.2, 0) is 19.1 Å². The smallest absolute Gasteiger partial charge is 0.335 e. The van der Waals surface area contributed by atoms with E-state index < -0.39 is 24.1 Å². The van der Waals surface area contributed by atoms with E-state index in [-0.39, 0.29) is 12.5 Å². The number of aliphatic hydroxyl groups excluding tert-OH is 2. The van der Waals surface area contributed by atoms with Gasteiger partial charge in [0.1, 0.15) is 6.54 Å². The third-order valence-electron chi connectivity index (χ3n) is 2.33. The Morgan fingerprint density at radius 1 is 1.13 bits per heavy atom. The number of hydrogen-bond acceptors (Lipinski definition) is 7. The van der Waals surface area contributed by atoms with Crippen LogP contribution in [0.1, 0.15) is 0 Å². The van der Waals surface area contributed by atoms with Crippen molar-refractivity contribution in [1.29, 1.82) is 0 Å². The summed E-state index contributed by atoms with van der Waals surface area (Å²) in [5, 5.41) is 36.0. The number of aliphatic hydroxyl groups is 2. The van der Waals surface area contributed by atoms with Gasteiger partial charge in [0.2, 0.25) is 0 Å². The van der Waals surface area contributed by atoms with Crippen molar-refractivity contribution in [2.75, 3.05) is 19.0 Å². The Labute approximate surface area is 136 Å². The van der Waals surface area contributed by atoms with E-state index in [1.807, 2.05) is 12.1 Å². The van der Waals surface area contributed by atoms with Crippen molar-refractivity contribution in [1.82, 2.24) is 0 Å². The van der Waals surface area contributed by atoms with Gasteiger partial charge in [-0.1, -0.05) is 23.7 Å². The molecule has 0 fully saturated rings. The Hall–Kier alpha value is -2.36. The van der Waals surface area contributed by atoms with E-state index in [1.54, 1.807) is 12.1 Å². The van der Waals surface area contributed by atoms with Crippen LogP contribution in [0.4, 0.5) is 5.69 Å². The van der Waals surface area contributed by atoms with Crippen LogP contribution in [0.5, 0.6) is 0 Å². The average molecular weight is 350 g/mol. The molecule has 10 heteroatoms. The van der Waals surface area contributed by atoms with Gasteiger partial charge in [-0.25, -0.2) is 9.59 Å². The van der Waals surface area contributed by atoms with Gasteiger partial charge in [-0.3, -0.25) is 4.79 Å². The van der Waals surface area contributed by atoms with Gasteiger partial charge in [-0.2, -0.15) is 0 Å². The summed E-state index contributed by atoms with van der Waals surface area (Å²) in [6.45, 7) is 0.125. The van der Waals surface area contributed by atoms with E-state index in [4.69, 9.17) is 32.0 Å². The maximum Gasteiger partial charge on any atom is 0.335 e. The number of aliphatic carboxylic acids is 2. The summed E-state index contributed by atoms with van der Waals surface area (Å²) in [5.74, 6) is -3.86. The standard InChI is InChI=1S/C9H10ClNO2.C4H6O6/c1-13-9(12)6-11-8-5-3-2-4-7(8)10;5-1(3(7)8)2(6)4(9)10/h2-5,11H,6H2,1H3;1-2,5-6H,(H,7,8)(H,9,10)/t;1-,2?/m.0/s1. The summed E-state index contributed by atoms with van der Waals surface area (Å²) in [5.41, 5.74) is 0.731. The summed E-state index contributed by atoms with van der Waals surface area (Å²) in [6, 6.07) is 7.21. The molecule has 0 aliphatic carbocycles. The zero-order chi connectivity index (χ0) is 18.0. The third kappa shape index (κ3) is 8.00. The number of benzene rings is 1. The van der Waals surface area contributed by atoms with Crippen molar-refractivity contribution in [3.8, 4) is 0 Å². The second-order valence-electron chi connectivity index (χ2n) is 3.98. The van der Waals surface area contributed by atoms with Crippen molar-refractivity contribution in [2.45, 2.75) is 12.2 Å². The number of rotatable bonds is 6. The SMILES string of the molecule is COC(=O)CNc1ccccc1Cl.O=C(O)C(O)[C@H](O)C(=O)O. The van der Waals surface area contributed by atoms with Gasteiger partial charge in [0.25, 0.3) is 0 Å². The zero-order valence-corrected chi connectivity index (χ0v) is 12.7. The average Bonchev–Trinajstić information content (AvgIpc) is 2.52. The van der Waals surface area contributed by atoms with Gasteiger partial charge in [-0.15, -0.1) is 0 Å². The summed E-state index contributed by atoms with van der Waals surface area (Å²) in [6.07, 6.45) is -4.53. The van der Waals surface area contributed by atoms with Crippen LogP contribution in [0.15, 0.2) is 24.3 Å². The van der Waals surface area contributed by atoms with Gasteiger partial charge >= 0.3 is 17.9 Å². The molecule has 9 nitrogen and oxygen atoms in total. The Balaban J connectivity index is 0.000000438. The molecule has 0 spiro atoms. The number of carbonyl (C=O) groups excluding carboxylic acids is 1. The summed E-state index contributed by atoms with van der Waals surface area (Å²) in [7, 11) is 1.34. The summed E-state index contributed by atoms with van der Waals surface area (Å²) in [4.78, 5) is 30.3. The molecule has 0 aliphatic heterocycles. The molecular formula is C13H16ClNO8. The Kier molecular flexibility index (Phi) is 9.31. The second kappa shape index (κ2) is 10.4. The number of hydrogen-bond donors (Lipinski definition) is 5. The first kappa shape index (κ1) is 20.6. The van der Waals surface area contributed by atoms with Crippen molar-refractivity contribution in [3.05, 3.63) is 29.3 Å². The third-order valence-corrected chi connectivity index (χ3v) is 2.66. The van der Waals surface area contributed by atoms with Crippen LogP contribution >= 0.6 is 11.6 Å². The van der Waals surface area contributed by atoms with Gasteiger partial charge < -0.3 is 30.5 Å². The maximum atomic E-state index is 10.8. The van der Waals surface area contributed by atoms with E-state index in [0.717, 1.165) is 5.69 Å². The minimum absolute atomic E-state index is 0.125. The topological polar surface area (TPSA) is 153 Å². The van der Waals surface area contributed by atoms with Crippen LogP contribution in [0.2, 0.25) is 5.02 Å². The van der Waals surface area contributed by atoms with Crippen molar-refractivity contribution < 1.29 is 39.5 Å². The lowest BCUT2D eigenvalue weighted by Crippen LogP contribution is -2.39. The predicted molar refractivity (Wildman–Crippen MR) is 79.2 cm³/mol. The first-order valence-electron chi connectivity index (χ1n) is 6.07. The molecular weight excluding hydrogens is 334 g/mol. The molecule has 1 aromatic rings. The number of esters is 1. The predicted octanol–water partition coefficient (Wildman–Crippen LogP) is -0.198. The molecule has 0 aromatic heterocycles. The molecule has 0 aliphatic rings. The van der Waals surface area contributed by atoms with Crippen LogP contribution in [0.25, 0.3) is 0 Å². The van der Waals surface area contributed by atoms with Crippen LogP contribution in [0.3, 0.4) is 0 Å². The Morgan fingerprint density at radius 3 is 2.00 bits per heavy atom. The molecule has 0 saturated carbocycles. The fourth-order valence-corrected chi connectivity index (χ4v) is 1.32. The molecule has 2 atom stereocenters. The van der Waals surface area contributed by atoms with E-state index in [2.05, 4.69) is 10.1 Å². The quantitative estimate of drug-likeness (QED) is 0.439. The first-order valence-corrected chi connectivity index (χ1v) is 6.45. The number of ether oxygens (including phenoxy) is 1. The summed E-state index contributed by atoms with van der Waals surface area (Å²) >= 11 is 5.84. The Bertz CT molecular complexity index is 533. The molecule has 0 radical (unpaired) electrons. The zero-order valence-electron chi connectivity index (χ0n) is 12.0.